The smallest absolute Gasteiger partial charge is 0.280 e. The molecule has 0 aromatic carbocycles. The van der Waals surface area contributed by atoms with E-state index in [2.05, 4.69) is 5.32 Å². The Bertz CT molecular complexity index is 633. The lowest BCUT2D eigenvalue weighted by Crippen LogP contribution is -3.15. The molecule has 2 amide bonds. The SMILES string of the molecule is CC(=O)N1CC[NH+](CC(=O)Nc2sc(C)c(C)c2C(=O)[O-])CC1. The molecule has 0 radical (unpaired) electrons. The molecule has 0 bridgehead atoms. The number of carbonyl (C=O) groups excluding carboxylic acids is 3. The van der Waals surface area contributed by atoms with Crippen LogP contribution in [-0.2, 0) is 9.59 Å². The number of nitrogens with one attached hydrogen (secondary N) is 2. The van der Waals surface area contributed by atoms with Crippen LogP contribution in [0.25, 0.3) is 0 Å². The number of carboxylic acids is 1. The molecule has 1 fully saturated rings. The van der Waals surface area contributed by atoms with E-state index in [-0.39, 0.29) is 23.9 Å². The summed E-state index contributed by atoms with van der Waals surface area (Å²) >= 11 is 1.25. The minimum absolute atomic E-state index is 0.0524. The lowest BCUT2D eigenvalue weighted by atomic mass is 10.1. The number of nitrogens with zero attached hydrogens (tertiary/aromatic N) is 1. The maximum atomic E-state index is 12.2. The van der Waals surface area contributed by atoms with Gasteiger partial charge in [-0.25, -0.2) is 0 Å². The van der Waals surface area contributed by atoms with Crippen molar-refractivity contribution in [1.82, 2.24) is 4.90 Å². The summed E-state index contributed by atoms with van der Waals surface area (Å²) < 4.78 is 0. The van der Waals surface area contributed by atoms with Gasteiger partial charge in [-0.3, -0.25) is 9.59 Å². The van der Waals surface area contributed by atoms with Gasteiger partial charge >= 0.3 is 0 Å². The number of carbonyl (C=O) groups is 3. The van der Waals surface area contributed by atoms with E-state index < -0.39 is 5.97 Å². The molecule has 0 unspecified atom stereocenters. The van der Waals surface area contributed by atoms with Crippen LogP contribution in [0, 0.1) is 13.8 Å². The highest BCUT2D eigenvalue weighted by Gasteiger charge is 2.24. The Morgan fingerprint density at radius 3 is 2.39 bits per heavy atom. The summed E-state index contributed by atoms with van der Waals surface area (Å²) in [6, 6.07) is 0. The quantitative estimate of drug-likeness (QED) is 0.692. The molecule has 0 saturated carbocycles. The molecule has 1 aliphatic rings. The van der Waals surface area contributed by atoms with Crippen LogP contribution in [0.4, 0.5) is 5.00 Å². The number of aryl methyl sites for hydroxylation is 1. The molecule has 1 aromatic rings. The second-order valence-electron chi connectivity index (χ2n) is 5.76. The highest BCUT2D eigenvalue weighted by atomic mass is 32.1. The van der Waals surface area contributed by atoms with Crippen LogP contribution in [-0.4, -0.2) is 55.4 Å². The number of amides is 2. The minimum Gasteiger partial charge on any atom is -0.545 e. The van der Waals surface area contributed by atoms with Crippen LogP contribution in [0.1, 0.15) is 27.7 Å². The van der Waals surface area contributed by atoms with Crippen molar-refractivity contribution in [1.29, 1.82) is 0 Å². The van der Waals surface area contributed by atoms with Crippen molar-refractivity contribution in [3.05, 3.63) is 16.0 Å². The van der Waals surface area contributed by atoms with E-state index in [1.807, 2.05) is 6.92 Å². The molecule has 1 saturated heterocycles. The minimum atomic E-state index is -1.27. The predicted octanol–water partition coefficient (Wildman–Crippen LogP) is -1.59. The highest BCUT2D eigenvalue weighted by Crippen LogP contribution is 2.31. The van der Waals surface area contributed by atoms with E-state index in [0.717, 1.165) is 9.78 Å². The molecular weight excluding hydrogens is 318 g/mol. The first-order valence-electron chi connectivity index (χ1n) is 7.50. The van der Waals surface area contributed by atoms with Crippen molar-refractivity contribution in [2.45, 2.75) is 20.8 Å². The van der Waals surface area contributed by atoms with Crippen molar-refractivity contribution in [3.63, 3.8) is 0 Å². The summed E-state index contributed by atoms with van der Waals surface area (Å²) in [6.45, 7) is 8.02. The average Bonchev–Trinajstić information content (AvgIpc) is 2.74. The number of anilines is 1. The zero-order valence-electron chi connectivity index (χ0n) is 13.5. The topological polar surface area (TPSA) is 94.0 Å². The predicted molar refractivity (Wildman–Crippen MR) is 84.6 cm³/mol. The number of rotatable bonds is 4. The molecule has 2 rings (SSSR count). The molecule has 126 valence electrons. The van der Waals surface area contributed by atoms with Gasteiger partial charge in [0.05, 0.1) is 32.1 Å². The fourth-order valence-corrected chi connectivity index (χ4v) is 3.74. The lowest BCUT2D eigenvalue weighted by Gasteiger charge is -2.31. The fourth-order valence-electron chi connectivity index (χ4n) is 2.67. The first-order valence-corrected chi connectivity index (χ1v) is 8.31. The van der Waals surface area contributed by atoms with Crippen molar-refractivity contribution in [2.75, 3.05) is 38.0 Å². The summed E-state index contributed by atoms with van der Waals surface area (Å²) in [6.07, 6.45) is 0. The van der Waals surface area contributed by atoms with Gasteiger partial charge in [-0.1, -0.05) is 0 Å². The van der Waals surface area contributed by atoms with E-state index in [9.17, 15) is 19.5 Å². The number of hydrogen-bond donors (Lipinski definition) is 2. The Morgan fingerprint density at radius 2 is 1.87 bits per heavy atom. The molecule has 1 aromatic heterocycles. The Balaban J connectivity index is 1.95. The Morgan fingerprint density at radius 1 is 1.26 bits per heavy atom. The second-order valence-corrected chi connectivity index (χ2v) is 6.98. The molecule has 0 aliphatic carbocycles. The van der Waals surface area contributed by atoms with E-state index in [1.54, 1.807) is 18.7 Å². The first kappa shape index (κ1) is 17.4. The van der Waals surface area contributed by atoms with E-state index in [1.165, 1.54) is 11.3 Å². The summed E-state index contributed by atoms with van der Waals surface area (Å²) in [5.74, 6) is -1.44. The van der Waals surface area contributed by atoms with E-state index in [4.69, 9.17) is 0 Å². The highest BCUT2D eigenvalue weighted by molar-refractivity contribution is 7.16. The van der Waals surface area contributed by atoms with Gasteiger partial charge in [0.1, 0.15) is 5.00 Å². The standard InChI is InChI=1S/C15H21N3O4S/c1-9-10(2)23-14(13(9)15(21)22)16-12(20)8-17-4-6-18(7-5-17)11(3)19/h4-8H2,1-3H3,(H,16,20)(H,21,22). The van der Waals surface area contributed by atoms with Crippen LogP contribution in [0.15, 0.2) is 0 Å². The molecule has 0 atom stereocenters. The number of piperazine rings is 1. The Labute approximate surface area is 138 Å². The van der Waals surface area contributed by atoms with Gasteiger partial charge in [-0.15, -0.1) is 11.3 Å². The maximum absolute atomic E-state index is 12.2. The van der Waals surface area contributed by atoms with Crippen molar-refractivity contribution < 1.29 is 24.4 Å². The van der Waals surface area contributed by atoms with Crippen LogP contribution in [0.2, 0.25) is 0 Å². The summed E-state index contributed by atoms with van der Waals surface area (Å²) in [5.41, 5.74) is 0.699. The number of hydrogen-bond acceptors (Lipinski definition) is 5. The van der Waals surface area contributed by atoms with Crippen molar-refractivity contribution >= 4 is 34.1 Å². The number of carboxylic acid groups (broad SMARTS) is 1. The third-order valence-corrected chi connectivity index (χ3v) is 5.29. The normalized spacial score (nSPS) is 15.5. The third kappa shape index (κ3) is 4.08. The summed E-state index contributed by atoms with van der Waals surface area (Å²) in [4.78, 5) is 38.4. The molecule has 8 heteroatoms. The van der Waals surface area contributed by atoms with E-state index >= 15 is 0 Å². The average molecular weight is 339 g/mol. The molecular formula is C15H21N3O4S. The fraction of sp³-hybridized carbons (Fsp3) is 0.533. The van der Waals surface area contributed by atoms with Gasteiger partial charge in [0.15, 0.2) is 6.54 Å². The monoisotopic (exact) mass is 339 g/mol. The van der Waals surface area contributed by atoms with Crippen LogP contribution in [0.5, 0.6) is 0 Å². The largest absolute Gasteiger partial charge is 0.545 e. The number of aromatic carboxylic acids is 1. The summed E-state index contributed by atoms with van der Waals surface area (Å²) in [7, 11) is 0. The Kier molecular flexibility index (Phi) is 5.38. The van der Waals surface area contributed by atoms with Crippen LogP contribution >= 0.6 is 11.3 Å². The molecule has 1 aliphatic heterocycles. The number of quaternary nitrogens is 1. The number of thiophene rings is 1. The zero-order valence-corrected chi connectivity index (χ0v) is 14.3. The third-order valence-electron chi connectivity index (χ3n) is 4.17. The lowest BCUT2D eigenvalue weighted by molar-refractivity contribution is -0.895. The van der Waals surface area contributed by atoms with Gasteiger partial charge in [0, 0.05) is 17.4 Å². The van der Waals surface area contributed by atoms with Gasteiger partial charge in [-0.2, -0.15) is 0 Å². The van der Waals surface area contributed by atoms with Gasteiger partial charge in [0.2, 0.25) is 5.91 Å². The molecule has 0 spiro atoms. The van der Waals surface area contributed by atoms with Gasteiger partial charge in [0.25, 0.3) is 5.91 Å². The van der Waals surface area contributed by atoms with Crippen LogP contribution < -0.4 is 15.3 Å². The van der Waals surface area contributed by atoms with Gasteiger partial charge < -0.3 is 25.0 Å². The molecule has 2 heterocycles. The molecule has 7 nitrogen and oxygen atoms in total. The molecule has 2 N–H and O–H groups in total. The zero-order chi connectivity index (χ0) is 17.1. The van der Waals surface area contributed by atoms with Crippen molar-refractivity contribution in [3.8, 4) is 0 Å². The second kappa shape index (κ2) is 7.10. The Hall–Kier alpha value is -1.93. The van der Waals surface area contributed by atoms with Crippen molar-refractivity contribution in [2.24, 2.45) is 0 Å². The maximum Gasteiger partial charge on any atom is 0.280 e. The summed E-state index contributed by atoms with van der Waals surface area (Å²) in [5, 5.41) is 14.3. The van der Waals surface area contributed by atoms with Gasteiger partial charge in [-0.05, 0) is 19.4 Å². The van der Waals surface area contributed by atoms with E-state index in [0.29, 0.717) is 36.7 Å². The first-order chi connectivity index (χ1) is 10.8. The van der Waals surface area contributed by atoms with Crippen LogP contribution in [0.3, 0.4) is 0 Å². The molecule has 23 heavy (non-hydrogen) atoms.